The fraction of sp³-hybridized carbons (Fsp3) is 0.318. The van der Waals surface area contributed by atoms with Gasteiger partial charge in [0.15, 0.2) is 5.60 Å². The van der Waals surface area contributed by atoms with E-state index in [9.17, 15) is 13.2 Å². The normalized spacial score (nSPS) is 12.0. The number of aromatic nitrogens is 1. The average Bonchev–Trinajstić information content (AvgIpc) is 3.07. The van der Waals surface area contributed by atoms with Gasteiger partial charge in [-0.05, 0) is 68.8 Å². The van der Waals surface area contributed by atoms with E-state index in [2.05, 4.69) is 4.57 Å². The zero-order valence-electron chi connectivity index (χ0n) is 17.6. The molecule has 2 aromatic carbocycles. The standard InChI is InChI=1S/C22H25NO7S/c1-22(2,21(24)25)29-18-7-5-17(6-8-18)28-14-4-12-23-13-11-16-15-19(9-10-20(16)23)30-31(3,26)27/h5-11,13,15H,4,12,14H2,1-3H3,(H,24,25). The van der Waals surface area contributed by atoms with Crippen molar-refractivity contribution in [1.82, 2.24) is 4.57 Å². The number of rotatable bonds is 10. The summed E-state index contributed by atoms with van der Waals surface area (Å²) < 4.78 is 40.7. The van der Waals surface area contributed by atoms with E-state index in [-0.39, 0.29) is 5.75 Å². The first-order valence-electron chi connectivity index (χ1n) is 9.67. The first kappa shape index (κ1) is 22.5. The average molecular weight is 448 g/mol. The second-order valence-corrected chi connectivity index (χ2v) is 9.18. The number of carboxylic acids is 1. The van der Waals surface area contributed by atoms with Gasteiger partial charge in [0.05, 0.1) is 12.9 Å². The molecule has 0 fully saturated rings. The van der Waals surface area contributed by atoms with Gasteiger partial charge in [0.25, 0.3) is 0 Å². The molecular weight excluding hydrogens is 422 g/mol. The van der Waals surface area contributed by atoms with Crippen molar-refractivity contribution in [3.63, 3.8) is 0 Å². The molecule has 0 aliphatic rings. The van der Waals surface area contributed by atoms with Gasteiger partial charge in [0.2, 0.25) is 0 Å². The molecule has 0 unspecified atom stereocenters. The number of carbonyl (C=O) groups is 1. The van der Waals surface area contributed by atoms with Crippen LogP contribution in [0.3, 0.4) is 0 Å². The molecule has 166 valence electrons. The van der Waals surface area contributed by atoms with Crippen LogP contribution in [-0.4, -0.2) is 42.5 Å². The molecule has 3 rings (SSSR count). The number of hydrogen-bond acceptors (Lipinski definition) is 6. The van der Waals surface area contributed by atoms with Crippen molar-refractivity contribution in [2.24, 2.45) is 0 Å². The Bertz CT molecular complexity index is 1160. The maximum atomic E-state index is 11.3. The van der Waals surface area contributed by atoms with E-state index < -0.39 is 21.7 Å². The lowest BCUT2D eigenvalue weighted by molar-refractivity contribution is -0.152. The molecule has 0 saturated heterocycles. The molecule has 31 heavy (non-hydrogen) atoms. The Kier molecular flexibility index (Phi) is 6.45. The van der Waals surface area contributed by atoms with Gasteiger partial charge in [-0.1, -0.05) is 0 Å². The van der Waals surface area contributed by atoms with Gasteiger partial charge >= 0.3 is 16.1 Å². The Morgan fingerprint density at radius 3 is 2.32 bits per heavy atom. The maximum Gasteiger partial charge on any atom is 0.347 e. The first-order chi connectivity index (χ1) is 14.5. The molecule has 0 bridgehead atoms. The first-order valence-corrected chi connectivity index (χ1v) is 11.5. The van der Waals surface area contributed by atoms with Crippen LogP contribution in [-0.2, 0) is 21.5 Å². The second kappa shape index (κ2) is 8.89. The highest BCUT2D eigenvalue weighted by molar-refractivity contribution is 7.86. The smallest absolute Gasteiger partial charge is 0.347 e. The lowest BCUT2D eigenvalue weighted by Gasteiger charge is -2.21. The molecule has 0 radical (unpaired) electrons. The summed E-state index contributed by atoms with van der Waals surface area (Å²) in [6.45, 7) is 4.20. The minimum Gasteiger partial charge on any atom is -0.494 e. The number of ether oxygens (including phenoxy) is 2. The van der Waals surface area contributed by atoms with E-state index in [1.165, 1.54) is 13.8 Å². The number of aliphatic carboxylic acids is 1. The Morgan fingerprint density at radius 2 is 1.68 bits per heavy atom. The van der Waals surface area contributed by atoms with E-state index in [1.54, 1.807) is 36.4 Å². The molecule has 0 amide bonds. The molecule has 0 atom stereocenters. The van der Waals surface area contributed by atoms with Crippen LogP contribution in [0.2, 0.25) is 0 Å². The van der Waals surface area contributed by atoms with Gasteiger partial charge in [-0.15, -0.1) is 0 Å². The summed E-state index contributed by atoms with van der Waals surface area (Å²) in [5.74, 6) is 0.373. The van der Waals surface area contributed by atoms with E-state index in [1.807, 2.05) is 18.3 Å². The van der Waals surface area contributed by atoms with Crippen molar-refractivity contribution < 1.29 is 32.0 Å². The fourth-order valence-corrected chi connectivity index (χ4v) is 3.42. The topological polar surface area (TPSA) is 104 Å². The van der Waals surface area contributed by atoms with Gasteiger partial charge in [-0.3, -0.25) is 0 Å². The number of hydrogen-bond donors (Lipinski definition) is 1. The largest absolute Gasteiger partial charge is 0.494 e. The van der Waals surface area contributed by atoms with Gasteiger partial charge < -0.3 is 23.3 Å². The van der Waals surface area contributed by atoms with E-state index in [4.69, 9.17) is 18.8 Å². The lowest BCUT2D eigenvalue weighted by Crippen LogP contribution is -2.37. The summed E-state index contributed by atoms with van der Waals surface area (Å²) in [6.07, 6.45) is 3.71. The molecule has 0 aliphatic heterocycles. The van der Waals surface area contributed by atoms with Crippen LogP contribution >= 0.6 is 0 Å². The van der Waals surface area contributed by atoms with Crippen LogP contribution in [0.25, 0.3) is 10.9 Å². The minimum atomic E-state index is -3.56. The van der Waals surface area contributed by atoms with Crippen molar-refractivity contribution >= 4 is 27.0 Å². The van der Waals surface area contributed by atoms with Crippen LogP contribution in [0.4, 0.5) is 0 Å². The highest BCUT2D eigenvalue weighted by atomic mass is 32.2. The molecule has 1 N–H and O–H groups in total. The summed E-state index contributed by atoms with van der Waals surface area (Å²) >= 11 is 0. The monoisotopic (exact) mass is 447 g/mol. The molecule has 0 spiro atoms. The summed E-state index contributed by atoms with van der Waals surface area (Å²) in [4.78, 5) is 11.1. The summed E-state index contributed by atoms with van der Waals surface area (Å²) in [5, 5.41) is 10.0. The Balaban J connectivity index is 1.51. The molecule has 0 saturated carbocycles. The number of nitrogens with zero attached hydrogens (tertiary/aromatic N) is 1. The summed E-state index contributed by atoms with van der Waals surface area (Å²) in [7, 11) is -3.56. The predicted molar refractivity (Wildman–Crippen MR) is 116 cm³/mol. The Morgan fingerprint density at radius 1 is 1.03 bits per heavy atom. The Labute approximate surface area is 181 Å². The van der Waals surface area contributed by atoms with Crippen molar-refractivity contribution in [3.8, 4) is 17.2 Å². The highest BCUT2D eigenvalue weighted by Crippen LogP contribution is 2.24. The molecule has 1 aromatic heterocycles. The fourth-order valence-electron chi connectivity index (χ4n) is 2.97. The number of benzene rings is 2. The highest BCUT2D eigenvalue weighted by Gasteiger charge is 2.29. The minimum absolute atomic E-state index is 0.287. The summed E-state index contributed by atoms with van der Waals surface area (Å²) in [5.41, 5.74) is -0.331. The Hall–Kier alpha value is -3.20. The molecule has 8 nitrogen and oxygen atoms in total. The molecular formula is C22H25NO7S. The predicted octanol–water partition coefficient (Wildman–Crippen LogP) is 3.69. The zero-order chi connectivity index (χ0) is 22.6. The van der Waals surface area contributed by atoms with Crippen LogP contribution in [0.5, 0.6) is 17.2 Å². The van der Waals surface area contributed by atoms with Gasteiger partial charge in [-0.25, -0.2) is 4.79 Å². The quantitative estimate of drug-likeness (QED) is 0.373. The van der Waals surface area contributed by atoms with Crippen molar-refractivity contribution in [2.75, 3.05) is 12.9 Å². The molecule has 3 aromatic rings. The van der Waals surface area contributed by atoms with E-state index in [0.29, 0.717) is 18.1 Å². The number of fused-ring (bicyclic) bond motifs is 1. The zero-order valence-corrected chi connectivity index (χ0v) is 18.4. The van der Waals surface area contributed by atoms with Crippen LogP contribution < -0.4 is 13.7 Å². The SMILES string of the molecule is CC(C)(Oc1ccc(OCCCn2ccc3cc(OS(C)(=O)=O)ccc32)cc1)C(=O)O. The second-order valence-electron chi connectivity index (χ2n) is 7.61. The van der Waals surface area contributed by atoms with E-state index >= 15 is 0 Å². The molecule has 9 heteroatoms. The van der Waals surface area contributed by atoms with Crippen molar-refractivity contribution in [3.05, 3.63) is 54.7 Å². The van der Waals surface area contributed by atoms with Gasteiger partial charge in [0.1, 0.15) is 17.2 Å². The number of carboxylic acid groups (broad SMARTS) is 1. The van der Waals surface area contributed by atoms with Crippen LogP contribution in [0.15, 0.2) is 54.7 Å². The lowest BCUT2D eigenvalue weighted by atomic mass is 10.1. The van der Waals surface area contributed by atoms with Crippen LogP contribution in [0.1, 0.15) is 20.3 Å². The third kappa shape index (κ3) is 6.14. The third-order valence-corrected chi connectivity index (χ3v) is 5.01. The third-order valence-electron chi connectivity index (χ3n) is 4.51. The molecule has 0 aliphatic carbocycles. The van der Waals surface area contributed by atoms with E-state index in [0.717, 1.165) is 30.1 Å². The summed E-state index contributed by atoms with van der Waals surface area (Å²) in [6, 6.07) is 13.9. The van der Waals surface area contributed by atoms with Gasteiger partial charge in [-0.2, -0.15) is 8.42 Å². The van der Waals surface area contributed by atoms with Crippen molar-refractivity contribution in [2.45, 2.75) is 32.4 Å². The van der Waals surface area contributed by atoms with Gasteiger partial charge in [0, 0.05) is 23.6 Å². The van der Waals surface area contributed by atoms with Crippen molar-refractivity contribution in [1.29, 1.82) is 0 Å². The maximum absolute atomic E-state index is 11.3. The molecule has 1 heterocycles. The number of aryl methyl sites for hydroxylation is 1. The van der Waals surface area contributed by atoms with Crippen LogP contribution in [0, 0.1) is 0 Å².